The van der Waals surface area contributed by atoms with Gasteiger partial charge in [0.2, 0.25) is 0 Å². The molecule has 3 heteroatoms. The monoisotopic (exact) mass is 338 g/mol. The molecule has 0 aliphatic carbocycles. The van der Waals surface area contributed by atoms with Gasteiger partial charge in [0, 0.05) is 17.8 Å². The second kappa shape index (κ2) is 8.84. The van der Waals surface area contributed by atoms with Crippen molar-refractivity contribution >= 4 is 27.2 Å². The van der Waals surface area contributed by atoms with Crippen LogP contribution in [0.3, 0.4) is 0 Å². The summed E-state index contributed by atoms with van der Waals surface area (Å²) in [4.78, 5) is 4.75. The summed E-state index contributed by atoms with van der Waals surface area (Å²) in [6.45, 7) is 3.31. The molecule has 0 spiro atoms. The lowest BCUT2D eigenvalue weighted by molar-refractivity contribution is 0.617. The predicted octanol–water partition coefficient (Wildman–Crippen LogP) is 6.74. The van der Waals surface area contributed by atoms with Crippen LogP contribution in [0.4, 0.5) is 5.69 Å². The van der Waals surface area contributed by atoms with Crippen molar-refractivity contribution in [2.75, 3.05) is 11.9 Å². The Morgan fingerprint density at radius 3 is 2.62 bits per heavy atom. The number of thiazole rings is 1. The Morgan fingerprint density at radius 2 is 1.75 bits per heavy atom. The molecule has 0 saturated carbocycles. The molecule has 24 heavy (non-hydrogen) atoms. The van der Waals surface area contributed by atoms with E-state index in [1.807, 2.05) is 6.07 Å². The molecule has 126 valence electrons. The molecule has 0 aliphatic rings. The molecule has 0 atom stereocenters. The van der Waals surface area contributed by atoms with Crippen LogP contribution in [0.5, 0.6) is 0 Å². The van der Waals surface area contributed by atoms with Gasteiger partial charge in [0.25, 0.3) is 0 Å². The van der Waals surface area contributed by atoms with Crippen molar-refractivity contribution in [1.82, 2.24) is 4.98 Å². The van der Waals surface area contributed by atoms with Crippen LogP contribution < -0.4 is 5.32 Å². The minimum absolute atomic E-state index is 1.05. The molecule has 0 saturated heterocycles. The highest BCUT2D eigenvalue weighted by molar-refractivity contribution is 7.21. The number of anilines is 1. The molecule has 0 bridgehead atoms. The highest BCUT2D eigenvalue weighted by atomic mass is 32.1. The Labute approximate surface area is 148 Å². The number of nitrogens with zero attached hydrogens (tertiary/aromatic N) is 1. The van der Waals surface area contributed by atoms with E-state index in [2.05, 4.69) is 54.7 Å². The van der Waals surface area contributed by atoms with Crippen molar-refractivity contribution in [3.63, 3.8) is 0 Å². The van der Waals surface area contributed by atoms with Gasteiger partial charge in [-0.15, -0.1) is 11.3 Å². The van der Waals surface area contributed by atoms with Gasteiger partial charge in [0.15, 0.2) is 0 Å². The van der Waals surface area contributed by atoms with E-state index in [1.54, 1.807) is 11.3 Å². The summed E-state index contributed by atoms with van der Waals surface area (Å²) in [5.74, 6) is 0. The number of fused-ring (bicyclic) bond motifs is 1. The van der Waals surface area contributed by atoms with Gasteiger partial charge in [0.05, 0.1) is 10.2 Å². The van der Waals surface area contributed by atoms with Crippen molar-refractivity contribution < 1.29 is 0 Å². The van der Waals surface area contributed by atoms with Crippen LogP contribution in [0.15, 0.2) is 48.5 Å². The average molecular weight is 339 g/mol. The summed E-state index contributed by atoms with van der Waals surface area (Å²) < 4.78 is 1.25. The number of benzene rings is 2. The van der Waals surface area contributed by atoms with Gasteiger partial charge < -0.3 is 5.32 Å². The first kappa shape index (κ1) is 17.0. The zero-order valence-corrected chi connectivity index (χ0v) is 15.2. The summed E-state index contributed by atoms with van der Waals surface area (Å²) >= 11 is 1.76. The molecular weight excluding hydrogens is 312 g/mol. The lowest BCUT2D eigenvalue weighted by atomic mass is 10.1. The zero-order valence-electron chi connectivity index (χ0n) is 14.4. The fourth-order valence-corrected chi connectivity index (χ4v) is 3.86. The largest absolute Gasteiger partial charge is 0.385 e. The first-order valence-corrected chi connectivity index (χ1v) is 9.88. The van der Waals surface area contributed by atoms with E-state index in [4.69, 9.17) is 4.98 Å². The normalized spacial score (nSPS) is 11.0. The Bertz CT molecular complexity index is 730. The van der Waals surface area contributed by atoms with Crippen molar-refractivity contribution in [3.8, 4) is 10.6 Å². The smallest absolute Gasteiger partial charge is 0.124 e. The number of rotatable bonds is 9. The molecule has 0 aliphatic heterocycles. The third-order valence-electron chi connectivity index (χ3n) is 4.26. The van der Waals surface area contributed by atoms with Crippen LogP contribution >= 0.6 is 11.3 Å². The Balaban J connectivity index is 1.56. The molecule has 0 unspecified atom stereocenters. The summed E-state index contributed by atoms with van der Waals surface area (Å²) in [5, 5.41) is 4.65. The van der Waals surface area contributed by atoms with Crippen molar-refractivity contribution in [3.05, 3.63) is 48.5 Å². The van der Waals surface area contributed by atoms with Crippen molar-refractivity contribution in [2.24, 2.45) is 0 Å². The lowest BCUT2D eigenvalue weighted by Gasteiger charge is -2.07. The molecule has 2 aromatic carbocycles. The molecule has 3 rings (SSSR count). The molecule has 3 aromatic rings. The van der Waals surface area contributed by atoms with Gasteiger partial charge in [-0.05, 0) is 30.7 Å². The van der Waals surface area contributed by atoms with Gasteiger partial charge in [0.1, 0.15) is 5.01 Å². The zero-order chi connectivity index (χ0) is 16.6. The molecule has 1 N–H and O–H groups in total. The lowest BCUT2D eigenvalue weighted by Crippen LogP contribution is -2.01. The van der Waals surface area contributed by atoms with Gasteiger partial charge in [-0.2, -0.15) is 0 Å². The van der Waals surface area contributed by atoms with E-state index in [0.29, 0.717) is 0 Å². The number of hydrogen-bond acceptors (Lipinski definition) is 3. The van der Waals surface area contributed by atoms with Gasteiger partial charge >= 0.3 is 0 Å². The average Bonchev–Trinajstić information content (AvgIpc) is 3.05. The topological polar surface area (TPSA) is 24.9 Å². The standard InChI is InChI=1S/C21H26N2S/c1-2-3-4-5-6-9-15-22-18-12-10-11-17(16-18)21-23-19-13-7-8-14-20(19)24-21/h7-8,10-14,16,22H,2-6,9,15H2,1H3. The molecule has 1 aromatic heterocycles. The van der Waals surface area contributed by atoms with Gasteiger partial charge in [-0.3, -0.25) is 0 Å². The number of hydrogen-bond donors (Lipinski definition) is 1. The third kappa shape index (κ3) is 4.57. The highest BCUT2D eigenvalue weighted by Gasteiger charge is 2.06. The van der Waals surface area contributed by atoms with E-state index in [1.165, 1.54) is 54.5 Å². The van der Waals surface area contributed by atoms with E-state index in [0.717, 1.165) is 17.1 Å². The second-order valence-corrected chi connectivity index (χ2v) is 7.29. The number of unbranched alkanes of at least 4 members (excludes halogenated alkanes) is 5. The minimum Gasteiger partial charge on any atom is -0.385 e. The van der Waals surface area contributed by atoms with Crippen LogP contribution in [0.25, 0.3) is 20.8 Å². The van der Waals surface area contributed by atoms with Gasteiger partial charge in [-0.1, -0.05) is 63.3 Å². The maximum absolute atomic E-state index is 4.75. The predicted molar refractivity (Wildman–Crippen MR) is 107 cm³/mol. The molecule has 1 heterocycles. The van der Waals surface area contributed by atoms with Crippen LogP contribution in [-0.2, 0) is 0 Å². The SMILES string of the molecule is CCCCCCCCNc1cccc(-c2nc3ccccc3s2)c1. The van der Waals surface area contributed by atoms with Crippen LogP contribution in [0, 0.1) is 0 Å². The number of para-hydroxylation sites is 1. The quantitative estimate of drug-likeness (QED) is 0.437. The van der Waals surface area contributed by atoms with Crippen molar-refractivity contribution in [2.45, 2.75) is 45.4 Å². The summed E-state index contributed by atoms with van der Waals surface area (Å²) in [6, 6.07) is 17.0. The fraction of sp³-hybridized carbons (Fsp3) is 0.381. The minimum atomic E-state index is 1.05. The van der Waals surface area contributed by atoms with Crippen LogP contribution in [-0.4, -0.2) is 11.5 Å². The fourth-order valence-electron chi connectivity index (χ4n) is 2.90. The first-order chi connectivity index (χ1) is 11.9. The molecule has 0 radical (unpaired) electrons. The Hall–Kier alpha value is -1.87. The summed E-state index contributed by atoms with van der Waals surface area (Å²) in [7, 11) is 0. The van der Waals surface area contributed by atoms with Crippen molar-refractivity contribution in [1.29, 1.82) is 0 Å². The third-order valence-corrected chi connectivity index (χ3v) is 5.35. The molecule has 2 nitrogen and oxygen atoms in total. The number of aromatic nitrogens is 1. The second-order valence-electron chi connectivity index (χ2n) is 6.26. The molecular formula is C21H26N2S. The van der Waals surface area contributed by atoms with E-state index < -0.39 is 0 Å². The van der Waals surface area contributed by atoms with E-state index in [-0.39, 0.29) is 0 Å². The Kier molecular flexibility index (Phi) is 6.25. The maximum Gasteiger partial charge on any atom is 0.124 e. The number of nitrogens with one attached hydrogen (secondary N) is 1. The molecule has 0 fully saturated rings. The van der Waals surface area contributed by atoms with E-state index >= 15 is 0 Å². The van der Waals surface area contributed by atoms with E-state index in [9.17, 15) is 0 Å². The van der Waals surface area contributed by atoms with Crippen LogP contribution in [0.1, 0.15) is 45.4 Å². The van der Waals surface area contributed by atoms with Crippen LogP contribution in [0.2, 0.25) is 0 Å². The first-order valence-electron chi connectivity index (χ1n) is 9.06. The Morgan fingerprint density at radius 1 is 0.917 bits per heavy atom. The maximum atomic E-state index is 4.75. The molecule has 0 amide bonds. The highest BCUT2D eigenvalue weighted by Crippen LogP contribution is 2.31. The summed E-state index contributed by atoms with van der Waals surface area (Å²) in [5.41, 5.74) is 3.48. The van der Waals surface area contributed by atoms with Gasteiger partial charge in [-0.25, -0.2) is 4.98 Å². The summed E-state index contributed by atoms with van der Waals surface area (Å²) in [6.07, 6.45) is 8.00.